The average molecular weight is 229 g/mol. The normalized spacial score (nSPS) is 16.7. The highest BCUT2D eigenvalue weighted by Gasteiger charge is 2.23. The number of aromatic nitrogens is 1. The second-order valence-corrected chi connectivity index (χ2v) is 4.78. The summed E-state index contributed by atoms with van der Waals surface area (Å²) in [5.41, 5.74) is 2.72. The van der Waals surface area contributed by atoms with Crippen LogP contribution in [0.2, 0.25) is 0 Å². The van der Waals surface area contributed by atoms with Gasteiger partial charge in [0.1, 0.15) is 5.75 Å². The van der Waals surface area contributed by atoms with Crippen LogP contribution >= 0.6 is 0 Å². The summed E-state index contributed by atoms with van der Waals surface area (Å²) >= 11 is 0. The molecule has 1 fully saturated rings. The van der Waals surface area contributed by atoms with Crippen LogP contribution in [0.15, 0.2) is 18.2 Å². The Balaban J connectivity index is 2.20. The van der Waals surface area contributed by atoms with Crippen molar-refractivity contribution in [1.29, 1.82) is 0 Å². The fraction of sp³-hybridized carbons (Fsp3) is 0.357. The highest BCUT2D eigenvalue weighted by atomic mass is 16.3. The third-order valence-corrected chi connectivity index (χ3v) is 3.73. The number of benzene rings is 1. The van der Waals surface area contributed by atoms with Crippen molar-refractivity contribution in [2.45, 2.75) is 31.6 Å². The van der Waals surface area contributed by atoms with Crippen LogP contribution in [-0.2, 0) is 0 Å². The summed E-state index contributed by atoms with van der Waals surface area (Å²) in [5.74, 6) is 0.683. The van der Waals surface area contributed by atoms with Gasteiger partial charge >= 0.3 is 0 Å². The number of aldehydes is 1. The Hall–Kier alpha value is -1.77. The summed E-state index contributed by atoms with van der Waals surface area (Å²) in [6.07, 6.45) is 5.69. The lowest BCUT2D eigenvalue weighted by Crippen LogP contribution is -1.96. The van der Waals surface area contributed by atoms with Gasteiger partial charge in [0.25, 0.3) is 0 Å². The molecule has 2 aromatic rings. The number of fused-ring (bicyclic) bond motifs is 1. The summed E-state index contributed by atoms with van der Waals surface area (Å²) < 4.78 is 0. The Kier molecular flexibility index (Phi) is 2.39. The number of H-pyrrole nitrogens is 1. The van der Waals surface area contributed by atoms with E-state index in [0.717, 1.165) is 41.3 Å². The molecule has 2 N–H and O–H groups in total. The standard InChI is InChI=1S/C14H15NO2/c16-8-12-11-7-10(17)5-6-13(11)15-14(12)9-3-1-2-4-9/h5-9,15,17H,1-4H2. The van der Waals surface area contributed by atoms with Crippen LogP contribution in [-0.4, -0.2) is 16.4 Å². The molecule has 1 aromatic carbocycles. The Bertz CT molecular complexity index is 565. The molecule has 1 aromatic heterocycles. The average Bonchev–Trinajstić information content (AvgIpc) is 2.94. The first-order chi connectivity index (χ1) is 8.29. The first kappa shape index (κ1) is 10.4. The topological polar surface area (TPSA) is 53.1 Å². The first-order valence-electron chi connectivity index (χ1n) is 6.09. The third kappa shape index (κ3) is 1.62. The van der Waals surface area contributed by atoms with Gasteiger partial charge in [-0.05, 0) is 37.0 Å². The van der Waals surface area contributed by atoms with Crippen LogP contribution in [0.25, 0.3) is 10.9 Å². The number of phenols is 1. The van der Waals surface area contributed by atoms with Crippen molar-refractivity contribution in [2.75, 3.05) is 0 Å². The van der Waals surface area contributed by atoms with Crippen molar-refractivity contribution >= 4 is 17.2 Å². The van der Waals surface area contributed by atoms with Crippen molar-refractivity contribution in [3.63, 3.8) is 0 Å². The van der Waals surface area contributed by atoms with E-state index in [1.54, 1.807) is 12.1 Å². The fourth-order valence-electron chi connectivity index (χ4n) is 2.89. The van der Waals surface area contributed by atoms with Crippen molar-refractivity contribution < 1.29 is 9.90 Å². The summed E-state index contributed by atoms with van der Waals surface area (Å²) in [5, 5.41) is 10.3. The van der Waals surface area contributed by atoms with Crippen molar-refractivity contribution in [3.8, 4) is 5.75 Å². The highest BCUT2D eigenvalue weighted by Crippen LogP contribution is 2.37. The van der Waals surface area contributed by atoms with Crippen LogP contribution < -0.4 is 0 Å². The number of aromatic hydroxyl groups is 1. The molecule has 0 radical (unpaired) electrons. The maximum absolute atomic E-state index is 11.3. The lowest BCUT2D eigenvalue weighted by atomic mass is 9.99. The molecule has 1 aliphatic rings. The van der Waals surface area contributed by atoms with Crippen LogP contribution in [0.5, 0.6) is 5.75 Å². The summed E-state index contributed by atoms with van der Waals surface area (Å²) in [6.45, 7) is 0. The van der Waals surface area contributed by atoms with Gasteiger partial charge in [-0.15, -0.1) is 0 Å². The van der Waals surface area contributed by atoms with E-state index in [2.05, 4.69) is 4.98 Å². The van der Waals surface area contributed by atoms with Gasteiger partial charge in [0.2, 0.25) is 0 Å². The number of hydrogen-bond donors (Lipinski definition) is 2. The molecule has 0 bridgehead atoms. The zero-order valence-corrected chi connectivity index (χ0v) is 9.57. The van der Waals surface area contributed by atoms with Crippen LogP contribution in [0.4, 0.5) is 0 Å². The quantitative estimate of drug-likeness (QED) is 0.776. The van der Waals surface area contributed by atoms with E-state index in [-0.39, 0.29) is 5.75 Å². The minimum absolute atomic E-state index is 0.206. The largest absolute Gasteiger partial charge is 0.508 e. The second-order valence-electron chi connectivity index (χ2n) is 4.78. The third-order valence-electron chi connectivity index (χ3n) is 3.73. The van der Waals surface area contributed by atoms with Crippen LogP contribution in [0.1, 0.15) is 47.7 Å². The number of nitrogens with one attached hydrogen (secondary N) is 1. The molecule has 1 saturated carbocycles. The van der Waals surface area contributed by atoms with Gasteiger partial charge in [0.15, 0.2) is 6.29 Å². The first-order valence-corrected chi connectivity index (χ1v) is 6.09. The van der Waals surface area contributed by atoms with Crippen LogP contribution in [0, 0.1) is 0 Å². The Morgan fingerprint density at radius 3 is 2.76 bits per heavy atom. The van der Waals surface area contributed by atoms with Gasteiger partial charge in [-0.1, -0.05) is 12.8 Å². The molecule has 0 spiro atoms. The molecule has 0 amide bonds. The monoisotopic (exact) mass is 229 g/mol. The lowest BCUT2D eigenvalue weighted by molar-refractivity contribution is 0.112. The van der Waals surface area contributed by atoms with E-state index in [9.17, 15) is 9.90 Å². The summed E-state index contributed by atoms with van der Waals surface area (Å²) in [4.78, 5) is 14.6. The second kappa shape index (κ2) is 3.91. The molecule has 17 heavy (non-hydrogen) atoms. The molecule has 3 heteroatoms. The minimum atomic E-state index is 0.206. The van der Waals surface area contributed by atoms with E-state index in [0.29, 0.717) is 5.92 Å². The van der Waals surface area contributed by atoms with Gasteiger partial charge < -0.3 is 10.1 Å². The molecule has 88 valence electrons. The van der Waals surface area contributed by atoms with Gasteiger partial charge in [-0.2, -0.15) is 0 Å². The van der Waals surface area contributed by atoms with E-state index in [1.807, 2.05) is 6.07 Å². The molecule has 1 heterocycles. The van der Waals surface area contributed by atoms with Crippen molar-refractivity contribution in [2.24, 2.45) is 0 Å². The van der Waals surface area contributed by atoms with Crippen LogP contribution in [0.3, 0.4) is 0 Å². The number of carbonyl (C=O) groups is 1. The van der Waals surface area contributed by atoms with E-state index >= 15 is 0 Å². The van der Waals surface area contributed by atoms with E-state index < -0.39 is 0 Å². The predicted molar refractivity (Wildman–Crippen MR) is 66.6 cm³/mol. The number of aromatic amines is 1. The Morgan fingerprint density at radius 2 is 2.06 bits per heavy atom. The predicted octanol–water partition coefficient (Wildman–Crippen LogP) is 3.34. The zero-order chi connectivity index (χ0) is 11.8. The summed E-state index contributed by atoms with van der Waals surface area (Å²) in [7, 11) is 0. The number of carbonyl (C=O) groups excluding carboxylic acids is 1. The Morgan fingerprint density at radius 1 is 1.29 bits per heavy atom. The van der Waals surface area contributed by atoms with E-state index in [1.165, 1.54) is 12.8 Å². The van der Waals surface area contributed by atoms with E-state index in [4.69, 9.17) is 0 Å². The van der Waals surface area contributed by atoms with Gasteiger partial charge in [0.05, 0.1) is 0 Å². The number of hydrogen-bond acceptors (Lipinski definition) is 2. The highest BCUT2D eigenvalue weighted by molar-refractivity contribution is 5.99. The van der Waals surface area contributed by atoms with Gasteiger partial charge in [-0.3, -0.25) is 4.79 Å². The molecule has 3 rings (SSSR count). The Labute approximate surface area is 99.5 Å². The lowest BCUT2D eigenvalue weighted by Gasteiger charge is -2.07. The zero-order valence-electron chi connectivity index (χ0n) is 9.57. The van der Waals surface area contributed by atoms with Gasteiger partial charge in [0, 0.05) is 22.2 Å². The van der Waals surface area contributed by atoms with Gasteiger partial charge in [-0.25, -0.2) is 0 Å². The van der Waals surface area contributed by atoms with Crippen molar-refractivity contribution in [1.82, 2.24) is 4.98 Å². The molecular formula is C14H15NO2. The molecule has 3 nitrogen and oxygen atoms in total. The molecule has 0 aliphatic heterocycles. The maximum Gasteiger partial charge on any atom is 0.152 e. The fourth-order valence-corrected chi connectivity index (χ4v) is 2.89. The van der Waals surface area contributed by atoms with Crippen molar-refractivity contribution in [3.05, 3.63) is 29.5 Å². The molecule has 0 unspecified atom stereocenters. The smallest absolute Gasteiger partial charge is 0.152 e. The molecule has 0 saturated heterocycles. The molecule has 0 atom stereocenters. The number of rotatable bonds is 2. The number of phenolic OH excluding ortho intramolecular Hbond substituents is 1. The minimum Gasteiger partial charge on any atom is -0.508 e. The molecule has 1 aliphatic carbocycles. The summed E-state index contributed by atoms with van der Waals surface area (Å²) in [6, 6.07) is 5.13. The molecular weight excluding hydrogens is 214 g/mol. The maximum atomic E-state index is 11.3. The SMILES string of the molecule is O=Cc1c(C2CCCC2)[nH]c2ccc(O)cc12.